The van der Waals surface area contributed by atoms with E-state index in [0.29, 0.717) is 0 Å². The van der Waals surface area contributed by atoms with Gasteiger partial charge in [0.1, 0.15) is 5.75 Å². The van der Waals surface area contributed by atoms with Crippen LogP contribution in [0.5, 0.6) is 5.75 Å². The first kappa shape index (κ1) is 7.85. The second-order valence-electron chi connectivity index (χ2n) is 2.07. The van der Waals surface area contributed by atoms with Gasteiger partial charge in [0.25, 0.3) is 0 Å². The lowest BCUT2D eigenvalue weighted by Gasteiger charge is -1.97. The van der Waals surface area contributed by atoms with E-state index in [4.69, 9.17) is 3.07 Å². The van der Waals surface area contributed by atoms with E-state index in [1.54, 1.807) is 0 Å². The lowest BCUT2D eigenvalue weighted by atomic mass is 10.2. The maximum atomic E-state index is 4.98. The number of benzene rings is 1. The Morgan fingerprint density at radius 1 is 1.30 bits per heavy atom. The predicted molar refractivity (Wildman–Crippen MR) is 50.5 cm³/mol. The van der Waals surface area contributed by atoms with Crippen molar-refractivity contribution in [1.29, 1.82) is 0 Å². The van der Waals surface area contributed by atoms with Crippen molar-refractivity contribution in [2.24, 2.45) is 0 Å². The second kappa shape index (κ2) is 3.81. The monoisotopic (exact) mass is 248 g/mol. The molecule has 0 aliphatic rings. The average Bonchev–Trinajstić information content (AvgIpc) is 2.05. The fraction of sp³-hybridized carbons (Fsp3) is 0.250. The molecule has 0 bridgehead atoms. The zero-order valence-electron chi connectivity index (χ0n) is 5.80. The lowest BCUT2D eigenvalue weighted by Crippen LogP contribution is -1.78. The molecule has 0 saturated heterocycles. The molecule has 0 unspecified atom stereocenters. The fourth-order valence-electron chi connectivity index (χ4n) is 0.777. The minimum atomic E-state index is 0.915. The summed E-state index contributed by atoms with van der Waals surface area (Å²) in [4.78, 5) is 0. The van der Waals surface area contributed by atoms with Crippen LogP contribution in [0.25, 0.3) is 0 Å². The van der Waals surface area contributed by atoms with Crippen LogP contribution in [0, 0.1) is 0 Å². The van der Waals surface area contributed by atoms with E-state index in [0.717, 1.165) is 12.2 Å². The van der Waals surface area contributed by atoms with Crippen LogP contribution < -0.4 is 3.07 Å². The highest BCUT2D eigenvalue weighted by Gasteiger charge is 1.90. The van der Waals surface area contributed by atoms with Crippen LogP contribution in [0.15, 0.2) is 24.3 Å². The lowest BCUT2D eigenvalue weighted by molar-refractivity contribution is 0.716. The van der Waals surface area contributed by atoms with Crippen LogP contribution >= 0.6 is 23.0 Å². The molecule has 0 aromatic heterocycles. The third-order valence-corrected chi connectivity index (χ3v) is 1.93. The fourth-order valence-corrected chi connectivity index (χ4v) is 1.07. The quantitative estimate of drug-likeness (QED) is 0.731. The topological polar surface area (TPSA) is 9.23 Å². The Labute approximate surface area is 75.1 Å². The predicted octanol–water partition coefficient (Wildman–Crippen LogP) is 2.98. The maximum Gasteiger partial charge on any atom is 0.192 e. The first-order valence-electron chi connectivity index (χ1n) is 3.24. The summed E-state index contributed by atoms with van der Waals surface area (Å²) in [5.74, 6) is 0.915. The van der Waals surface area contributed by atoms with Gasteiger partial charge in [-0.3, -0.25) is 0 Å². The van der Waals surface area contributed by atoms with Crippen molar-refractivity contribution in [3.05, 3.63) is 29.8 Å². The SMILES string of the molecule is CCc1ccc(OI)cc1. The van der Waals surface area contributed by atoms with Crippen molar-refractivity contribution in [1.82, 2.24) is 0 Å². The maximum absolute atomic E-state index is 4.98. The van der Waals surface area contributed by atoms with Crippen molar-refractivity contribution in [3.8, 4) is 5.75 Å². The van der Waals surface area contributed by atoms with Crippen molar-refractivity contribution < 1.29 is 3.07 Å². The van der Waals surface area contributed by atoms with Crippen LogP contribution in [-0.2, 0) is 6.42 Å². The first-order chi connectivity index (χ1) is 4.86. The summed E-state index contributed by atoms with van der Waals surface area (Å²) in [5, 5.41) is 0. The molecule has 1 nitrogen and oxygen atoms in total. The molecular formula is C8H9IO. The van der Waals surface area contributed by atoms with Crippen molar-refractivity contribution in [2.75, 3.05) is 0 Å². The van der Waals surface area contributed by atoms with E-state index in [9.17, 15) is 0 Å². The Bertz CT molecular complexity index is 170. The number of aryl methyl sites for hydroxylation is 1. The van der Waals surface area contributed by atoms with E-state index >= 15 is 0 Å². The Morgan fingerprint density at radius 3 is 2.30 bits per heavy atom. The Morgan fingerprint density at radius 2 is 1.90 bits per heavy atom. The molecule has 10 heavy (non-hydrogen) atoms. The Balaban J connectivity index is 2.80. The number of hydrogen-bond acceptors (Lipinski definition) is 1. The van der Waals surface area contributed by atoms with Crippen molar-refractivity contribution in [2.45, 2.75) is 13.3 Å². The van der Waals surface area contributed by atoms with E-state index in [1.807, 2.05) is 35.1 Å². The van der Waals surface area contributed by atoms with Crippen LogP contribution in [0.2, 0.25) is 0 Å². The molecular weight excluding hydrogens is 239 g/mol. The summed E-state index contributed by atoms with van der Waals surface area (Å²) in [5.41, 5.74) is 1.34. The summed E-state index contributed by atoms with van der Waals surface area (Å²) < 4.78 is 4.98. The van der Waals surface area contributed by atoms with E-state index < -0.39 is 0 Å². The highest BCUT2D eigenvalue weighted by molar-refractivity contribution is 14.1. The van der Waals surface area contributed by atoms with Crippen molar-refractivity contribution in [3.63, 3.8) is 0 Å². The van der Waals surface area contributed by atoms with Gasteiger partial charge in [0.2, 0.25) is 0 Å². The van der Waals surface area contributed by atoms with Crippen LogP contribution in [0.4, 0.5) is 0 Å². The molecule has 0 aliphatic heterocycles. The summed E-state index contributed by atoms with van der Waals surface area (Å²) in [6.07, 6.45) is 1.08. The summed E-state index contributed by atoms with van der Waals surface area (Å²) in [6, 6.07) is 8.11. The molecule has 2 heteroatoms. The Kier molecular flexibility index (Phi) is 2.99. The average molecular weight is 248 g/mol. The highest BCUT2D eigenvalue weighted by Crippen LogP contribution is 2.14. The van der Waals surface area contributed by atoms with Crippen LogP contribution in [0.3, 0.4) is 0 Å². The molecule has 0 aliphatic carbocycles. The van der Waals surface area contributed by atoms with Gasteiger partial charge < -0.3 is 3.07 Å². The van der Waals surface area contributed by atoms with Gasteiger partial charge in [0.05, 0.1) is 0 Å². The minimum absolute atomic E-state index is 0.915. The zero-order valence-corrected chi connectivity index (χ0v) is 7.96. The second-order valence-corrected chi connectivity index (χ2v) is 2.52. The van der Waals surface area contributed by atoms with Gasteiger partial charge in [0, 0.05) is 0 Å². The molecule has 0 N–H and O–H groups in total. The number of rotatable bonds is 2. The van der Waals surface area contributed by atoms with Gasteiger partial charge in [-0.25, -0.2) is 0 Å². The van der Waals surface area contributed by atoms with E-state index in [2.05, 4.69) is 19.1 Å². The molecule has 1 aromatic carbocycles. The van der Waals surface area contributed by atoms with Gasteiger partial charge >= 0.3 is 0 Å². The normalized spacial score (nSPS) is 9.40. The van der Waals surface area contributed by atoms with Crippen LogP contribution in [-0.4, -0.2) is 0 Å². The molecule has 1 aromatic rings. The van der Waals surface area contributed by atoms with Crippen molar-refractivity contribution >= 4 is 23.0 Å². The third kappa shape index (κ3) is 1.87. The third-order valence-electron chi connectivity index (χ3n) is 1.42. The molecule has 54 valence electrons. The summed E-state index contributed by atoms with van der Waals surface area (Å²) in [7, 11) is 0. The molecule has 0 amide bonds. The molecule has 0 saturated carbocycles. The largest absolute Gasteiger partial charge is 0.428 e. The Hall–Kier alpha value is -0.250. The van der Waals surface area contributed by atoms with Crippen LogP contribution in [0.1, 0.15) is 12.5 Å². The molecule has 0 spiro atoms. The highest BCUT2D eigenvalue weighted by atomic mass is 127. The minimum Gasteiger partial charge on any atom is -0.428 e. The standard InChI is InChI=1S/C8H9IO/c1-2-7-3-5-8(10-9)6-4-7/h3-6H,2H2,1H3. The van der Waals surface area contributed by atoms with Gasteiger partial charge in [-0.15, -0.1) is 0 Å². The first-order valence-corrected chi connectivity index (χ1v) is 4.12. The van der Waals surface area contributed by atoms with Gasteiger partial charge in [-0.1, -0.05) is 19.1 Å². The smallest absolute Gasteiger partial charge is 0.192 e. The van der Waals surface area contributed by atoms with Gasteiger partial charge in [-0.05, 0) is 24.1 Å². The summed E-state index contributed by atoms with van der Waals surface area (Å²) in [6.45, 7) is 2.14. The number of hydrogen-bond donors (Lipinski definition) is 0. The van der Waals surface area contributed by atoms with Gasteiger partial charge in [-0.2, -0.15) is 0 Å². The molecule has 0 heterocycles. The van der Waals surface area contributed by atoms with E-state index in [1.165, 1.54) is 5.56 Å². The van der Waals surface area contributed by atoms with E-state index in [-0.39, 0.29) is 0 Å². The van der Waals surface area contributed by atoms with Gasteiger partial charge in [0.15, 0.2) is 23.0 Å². The molecule has 0 atom stereocenters. The molecule has 1 rings (SSSR count). The summed E-state index contributed by atoms with van der Waals surface area (Å²) >= 11 is 1.88. The molecule has 0 fully saturated rings. The number of halogens is 1. The molecule has 0 radical (unpaired) electrons. The zero-order chi connectivity index (χ0) is 7.40.